The van der Waals surface area contributed by atoms with Gasteiger partial charge in [0.05, 0.1) is 42.4 Å². The minimum Gasteiger partial charge on any atom is -0.439 e. The van der Waals surface area contributed by atoms with E-state index in [2.05, 4.69) is 9.80 Å². The van der Waals surface area contributed by atoms with Crippen molar-refractivity contribution in [3.8, 4) is 17.3 Å². The first-order valence-corrected chi connectivity index (χ1v) is 13.3. The summed E-state index contributed by atoms with van der Waals surface area (Å²) in [5.74, 6) is 1.47. The Balaban J connectivity index is 1.40. The molecule has 8 nitrogen and oxygen atoms in total. The number of rotatable bonds is 11. The van der Waals surface area contributed by atoms with Gasteiger partial charge in [-0.1, -0.05) is 36.4 Å². The number of aliphatic hydroxyl groups excluding tert-OH is 1. The van der Waals surface area contributed by atoms with Crippen molar-refractivity contribution in [1.82, 2.24) is 19.6 Å². The predicted molar refractivity (Wildman–Crippen MR) is 142 cm³/mol. The first-order valence-electron chi connectivity index (χ1n) is 13.3. The minimum atomic E-state index is -0.470. The number of para-hydroxylation sites is 2. The SMILES string of the molecule is Cc1nn(-c2ccccc2)c(Oc2ccccc2)c1CN(CC(O)CN1CCOCC1)CC1CCCO1. The number of morpholine rings is 1. The van der Waals surface area contributed by atoms with E-state index in [1.165, 1.54) is 0 Å². The molecule has 3 heterocycles. The van der Waals surface area contributed by atoms with Crippen LogP contribution in [-0.2, 0) is 16.0 Å². The zero-order valence-electron chi connectivity index (χ0n) is 21.7. The molecule has 5 rings (SSSR count). The molecule has 2 unspecified atom stereocenters. The number of aliphatic hydroxyl groups is 1. The summed E-state index contributed by atoms with van der Waals surface area (Å²) < 4.78 is 19.8. The molecule has 2 aromatic carbocycles. The highest BCUT2D eigenvalue weighted by atomic mass is 16.5. The molecule has 1 N–H and O–H groups in total. The molecule has 2 saturated heterocycles. The molecular formula is C29H38N4O4. The summed E-state index contributed by atoms with van der Waals surface area (Å²) in [7, 11) is 0. The second kappa shape index (κ2) is 12.7. The Morgan fingerprint density at radius 2 is 1.78 bits per heavy atom. The van der Waals surface area contributed by atoms with E-state index in [4.69, 9.17) is 19.3 Å². The van der Waals surface area contributed by atoms with E-state index < -0.39 is 6.10 Å². The molecule has 0 saturated carbocycles. The van der Waals surface area contributed by atoms with Gasteiger partial charge in [0.15, 0.2) is 0 Å². The van der Waals surface area contributed by atoms with Crippen LogP contribution in [-0.4, -0.2) is 89.4 Å². The lowest BCUT2D eigenvalue weighted by Gasteiger charge is -2.32. The maximum atomic E-state index is 11.1. The Kier molecular flexibility index (Phi) is 8.86. The Morgan fingerprint density at radius 3 is 2.49 bits per heavy atom. The van der Waals surface area contributed by atoms with E-state index >= 15 is 0 Å². The normalized spacial score (nSPS) is 19.4. The van der Waals surface area contributed by atoms with E-state index in [1.54, 1.807) is 0 Å². The van der Waals surface area contributed by atoms with Crippen molar-refractivity contribution in [2.75, 3.05) is 52.5 Å². The topological polar surface area (TPSA) is 72.2 Å². The fourth-order valence-electron chi connectivity index (χ4n) is 5.11. The van der Waals surface area contributed by atoms with Gasteiger partial charge in [-0.2, -0.15) is 5.10 Å². The van der Waals surface area contributed by atoms with E-state index in [1.807, 2.05) is 72.3 Å². The molecule has 2 fully saturated rings. The van der Waals surface area contributed by atoms with Crippen molar-refractivity contribution in [2.24, 2.45) is 0 Å². The van der Waals surface area contributed by atoms with Gasteiger partial charge in [0.2, 0.25) is 5.88 Å². The van der Waals surface area contributed by atoms with Crippen LogP contribution < -0.4 is 4.74 Å². The van der Waals surface area contributed by atoms with E-state index in [-0.39, 0.29) is 6.10 Å². The van der Waals surface area contributed by atoms with Crippen LogP contribution in [0.3, 0.4) is 0 Å². The summed E-state index contributed by atoms with van der Waals surface area (Å²) in [6.07, 6.45) is 1.84. The monoisotopic (exact) mass is 506 g/mol. The second-order valence-corrected chi connectivity index (χ2v) is 9.93. The molecule has 0 aliphatic carbocycles. The van der Waals surface area contributed by atoms with Crippen molar-refractivity contribution in [3.63, 3.8) is 0 Å². The summed E-state index contributed by atoms with van der Waals surface area (Å²) >= 11 is 0. The van der Waals surface area contributed by atoms with Gasteiger partial charge in [0, 0.05) is 45.9 Å². The Labute approximate surface area is 219 Å². The Morgan fingerprint density at radius 1 is 1.05 bits per heavy atom. The first kappa shape index (κ1) is 25.9. The summed E-state index contributed by atoms with van der Waals surface area (Å²) in [5, 5.41) is 15.9. The van der Waals surface area contributed by atoms with Crippen LogP contribution in [0.1, 0.15) is 24.1 Å². The summed E-state index contributed by atoms with van der Waals surface area (Å²) in [6, 6.07) is 19.9. The number of aryl methyl sites for hydroxylation is 1. The number of hydrogen-bond acceptors (Lipinski definition) is 7. The average Bonchev–Trinajstić information content (AvgIpc) is 3.54. The van der Waals surface area contributed by atoms with Crippen LogP contribution in [0.5, 0.6) is 11.6 Å². The lowest BCUT2D eigenvalue weighted by atomic mass is 10.1. The van der Waals surface area contributed by atoms with Crippen molar-refractivity contribution in [1.29, 1.82) is 0 Å². The van der Waals surface area contributed by atoms with Gasteiger partial charge in [-0.25, -0.2) is 4.68 Å². The van der Waals surface area contributed by atoms with Crippen molar-refractivity contribution in [3.05, 3.63) is 71.9 Å². The fourth-order valence-corrected chi connectivity index (χ4v) is 5.11. The van der Waals surface area contributed by atoms with Gasteiger partial charge in [-0.15, -0.1) is 0 Å². The van der Waals surface area contributed by atoms with Gasteiger partial charge >= 0.3 is 0 Å². The van der Waals surface area contributed by atoms with Crippen LogP contribution in [0.2, 0.25) is 0 Å². The third-order valence-corrected chi connectivity index (χ3v) is 7.00. The molecule has 198 valence electrons. The maximum absolute atomic E-state index is 11.1. The van der Waals surface area contributed by atoms with Crippen molar-refractivity contribution in [2.45, 2.75) is 38.5 Å². The number of ether oxygens (including phenoxy) is 3. The zero-order chi connectivity index (χ0) is 25.5. The fraction of sp³-hybridized carbons (Fsp3) is 0.483. The average molecular weight is 507 g/mol. The standard InChI is InChI=1S/C29H38N4O4/c1-23-28(29(37-26-11-6-3-7-12-26)33(30-23)24-9-4-2-5-10-24)22-32(21-27-13-8-16-36-27)20-25(34)19-31-14-17-35-18-15-31/h2-7,9-12,25,27,34H,8,13-22H2,1H3. The first-order chi connectivity index (χ1) is 18.2. The predicted octanol–water partition coefficient (Wildman–Crippen LogP) is 3.65. The van der Waals surface area contributed by atoms with Gasteiger partial charge in [0.1, 0.15) is 5.75 Å². The zero-order valence-corrected chi connectivity index (χ0v) is 21.7. The van der Waals surface area contributed by atoms with Crippen molar-refractivity contribution < 1.29 is 19.3 Å². The van der Waals surface area contributed by atoms with E-state index in [0.29, 0.717) is 25.5 Å². The molecule has 0 spiro atoms. The van der Waals surface area contributed by atoms with Gasteiger partial charge < -0.3 is 19.3 Å². The number of aromatic nitrogens is 2. The molecule has 37 heavy (non-hydrogen) atoms. The second-order valence-electron chi connectivity index (χ2n) is 9.93. The highest BCUT2D eigenvalue weighted by molar-refractivity contribution is 5.43. The van der Waals surface area contributed by atoms with Crippen LogP contribution in [0.25, 0.3) is 5.69 Å². The van der Waals surface area contributed by atoms with Gasteiger partial charge in [0.25, 0.3) is 0 Å². The quantitative estimate of drug-likeness (QED) is 0.426. The molecule has 2 atom stereocenters. The smallest absolute Gasteiger partial charge is 0.227 e. The van der Waals surface area contributed by atoms with Crippen LogP contribution in [0.4, 0.5) is 0 Å². The summed E-state index contributed by atoms with van der Waals surface area (Å²) in [5.41, 5.74) is 2.87. The highest BCUT2D eigenvalue weighted by Crippen LogP contribution is 2.32. The molecule has 0 bridgehead atoms. The maximum Gasteiger partial charge on any atom is 0.227 e. The Hall–Kier alpha value is -2.75. The lowest BCUT2D eigenvalue weighted by molar-refractivity contribution is -0.000213. The number of β-amino-alcohol motifs (C(OH)–C–C–N with tert-alkyl or cyclic N) is 1. The molecule has 2 aliphatic heterocycles. The molecule has 8 heteroatoms. The number of nitrogens with zero attached hydrogens (tertiary/aromatic N) is 4. The van der Waals surface area contributed by atoms with Gasteiger partial charge in [-0.05, 0) is 44.0 Å². The molecule has 2 aliphatic rings. The molecule has 0 radical (unpaired) electrons. The highest BCUT2D eigenvalue weighted by Gasteiger charge is 2.26. The Bertz CT molecular complexity index is 1100. The van der Waals surface area contributed by atoms with Crippen LogP contribution in [0, 0.1) is 6.92 Å². The van der Waals surface area contributed by atoms with E-state index in [0.717, 1.165) is 75.0 Å². The molecule has 1 aromatic heterocycles. The van der Waals surface area contributed by atoms with Crippen molar-refractivity contribution >= 4 is 0 Å². The van der Waals surface area contributed by atoms with E-state index in [9.17, 15) is 5.11 Å². The number of benzene rings is 2. The summed E-state index contributed by atoms with van der Waals surface area (Å²) in [6.45, 7) is 8.58. The third-order valence-electron chi connectivity index (χ3n) is 7.00. The summed E-state index contributed by atoms with van der Waals surface area (Å²) in [4.78, 5) is 4.58. The van der Waals surface area contributed by atoms with Crippen LogP contribution >= 0.6 is 0 Å². The van der Waals surface area contributed by atoms with Crippen LogP contribution in [0.15, 0.2) is 60.7 Å². The molecular weight excluding hydrogens is 468 g/mol. The molecule has 3 aromatic rings. The largest absolute Gasteiger partial charge is 0.439 e. The lowest BCUT2D eigenvalue weighted by Crippen LogP contribution is -2.45. The van der Waals surface area contributed by atoms with Gasteiger partial charge in [-0.3, -0.25) is 9.80 Å². The molecule has 0 amide bonds. The third kappa shape index (κ3) is 6.97. The number of hydrogen-bond donors (Lipinski definition) is 1. The minimum absolute atomic E-state index is 0.179.